The normalized spacial score (nSPS) is 11.2. The molecule has 3 rings (SSSR count). The van der Waals surface area contributed by atoms with E-state index in [1.54, 1.807) is 0 Å². The standard InChI is InChI=1S/C22H14Br2/c23-21(19-9-5-2-6-10-19)22(24)20-15-13-18(14-16-20)12-11-17-7-3-1-4-8-17/h1-10,13-16H. The molecule has 116 valence electrons. The molecule has 0 bridgehead atoms. The van der Waals surface area contributed by atoms with Gasteiger partial charge in [0.15, 0.2) is 0 Å². The topological polar surface area (TPSA) is 0 Å². The lowest BCUT2D eigenvalue weighted by Crippen LogP contribution is -1.83. The third-order valence-electron chi connectivity index (χ3n) is 3.48. The third-order valence-corrected chi connectivity index (χ3v) is 5.72. The first-order chi connectivity index (χ1) is 11.7. The Kier molecular flexibility index (Phi) is 5.69. The van der Waals surface area contributed by atoms with E-state index in [0.29, 0.717) is 0 Å². The molecule has 0 amide bonds. The van der Waals surface area contributed by atoms with Crippen LogP contribution in [0.15, 0.2) is 84.9 Å². The average molecular weight is 438 g/mol. The first kappa shape index (κ1) is 16.8. The Hall–Kier alpha value is -2.08. The van der Waals surface area contributed by atoms with Gasteiger partial charge in [-0.3, -0.25) is 0 Å². The highest BCUT2D eigenvalue weighted by Gasteiger charge is 2.06. The van der Waals surface area contributed by atoms with E-state index in [1.165, 1.54) is 0 Å². The molecule has 0 heterocycles. The zero-order valence-corrected chi connectivity index (χ0v) is 16.0. The Morgan fingerprint density at radius 2 is 0.917 bits per heavy atom. The fourth-order valence-corrected chi connectivity index (χ4v) is 3.19. The van der Waals surface area contributed by atoms with E-state index in [4.69, 9.17) is 0 Å². The van der Waals surface area contributed by atoms with Crippen LogP contribution in [0, 0.1) is 11.8 Å². The monoisotopic (exact) mass is 436 g/mol. The minimum absolute atomic E-state index is 0.999. The summed E-state index contributed by atoms with van der Waals surface area (Å²) in [6, 6.07) is 28.4. The van der Waals surface area contributed by atoms with Crippen LogP contribution in [0.25, 0.3) is 8.96 Å². The highest BCUT2D eigenvalue weighted by molar-refractivity contribution is 9.18. The zero-order chi connectivity index (χ0) is 16.8. The summed E-state index contributed by atoms with van der Waals surface area (Å²) in [6.45, 7) is 0. The number of hydrogen-bond acceptors (Lipinski definition) is 0. The molecular formula is C22H14Br2. The molecule has 2 heteroatoms. The Morgan fingerprint density at radius 1 is 0.500 bits per heavy atom. The van der Waals surface area contributed by atoms with Gasteiger partial charge in [0.05, 0.1) is 0 Å². The summed E-state index contributed by atoms with van der Waals surface area (Å²) in [5.74, 6) is 6.37. The number of benzene rings is 3. The van der Waals surface area contributed by atoms with Crippen molar-refractivity contribution in [3.05, 3.63) is 107 Å². The molecule has 3 aromatic rings. The Morgan fingerprint density at radius 3 is 1.46 bits per heavy atom. The fraction of sp³-hybridized carbons (Fsp3) is 0. The van der Waals surface area contributed by atoms with Gasteiger partial charge in [-0.05, 0) is 67.3 Å². The van der Waals surface area contributed by atoms with E-state index in [9.17, 15) is 0 Å². The molecule has 0 aliphatic carbocycles. The van der Waals surface area contributed by atoms with Gasteiger partial charge in [-0.25, -0.2) is 0 Å². The van der Waals surface area contributed by atoms with Crippen LogP contribution >= 0.6 is 31.9 Å². The maximum atomic E-state index is 3.69. The largest absolute Gasteiger partial charge is 0.0622 e. The van der Waals surface area contributed by atoms with Gasteiger partial charge >= 0.3 is 0 Å². The van der Waals surface area contributed by atoms with Crippen LogP contribution in [0.4, 0.5) is 0 Å². The van der Waals surface area contributed by atoms with Crippen molar-refractivity contribution in [1.82, 2.24) is 0 Å². The summed E-state index contributed by atoms with van der Waals surface area (Å²) < 4.78 is 2.06. The van der Waals surface area contributed by atoms with Crippen molar-refractivity contribution in [3.63, 3.8) is 0 Å². The maximum absolute atomic E-state index is 3.69. The Bertz CT molecular complexity index is 897. The highest BCUT2D eigenvalue weighted by Crippen LogP contribution is 2.35. The van der Waals surface area contributed by atoms with Crippen LogP contribution in [0.5, 0.6) is 0 Å². The summed E-state index contributed by atoms with van der Waals surface area (Å²) in [5, 5.41) is 0. The van der Waals surface area contributed by atoms with Crippen molar-refractivity contribution in [2.75, 3.05) is 0 Å². The minimum Gasteiger partial charge on any atom is -0.0622 e. The van der Waals surface area contributed by atoms with E-state index in [0.717, 1.165) is 31.2 Å². The van der Waals surface area contributed by atoms with Crippen LogP contribution in [0.1, 0.15) is 22.3 Å². The van der Waals surface area contributed by atoms with Gasteiger partial charge in [0.1, 0.15) is 0 Å². The van der Waals surface area contributed by atoms with Crippen molar-refractivity contribution in [1.29, 1.82) is 0 Å². The van der Waals surface area contributed by atoms with Gasteiger partial charge in [0.25, 0.3) is 0 Å². The number of halogens is 2. The van der Waals surface area contributed by atoms with Gasteiger partial charge in [-0.2, -0.15) is 0 Å². The molecule has 0 spiro atoms. The molecule has 0 nitrogen and oxygen atoms in total. The second-order valence-electron chi connectivity index (χ2n) is 5.19. The van der Waals surface area contributed by atoms with Crippen LogP contribution in [0.2, 0.25) is 0 Å². The van der Waals surface area contributed by atoms with Gasteiger partial charge in [-0.1, -0.05) is 72.5 Å². The molecule has 0 radical (unpaired) electrons. The van der Waals surface area contributed by atoms with E-state index in [2.05, 4.69) is 68.0 Å². The van der Waals surface area contributed by atoms with Crippen molar-refractivity contribution >= 4 is 40.8 Å². The molecule has 0 atom stereocenters. The smallest absolute Gasteiger partial charge is 0.0395 e. The summed E-state index contributed by atoms with van der Waals surface area (Å²) in [5.41, 5.74) is 4.27. The molecule has 0 aliphatic heterocycles. The fourth-order valence-electron chi connectivity index (χ4n) is 2.20. The zero-order valence-electron chi connectivity index (χ0n) is 12.8. The third kappa shape index (κ3) is 4.26. The Labute approximate surface area is 159 Å². The molecule has 3 aromatic carbocycles. The lowest BCUT2D eigenvalue weighted by Gasteiger charge is -2.05. The minimum atomic E-state index is 0.999. The number of hydrogen-bond donors (Lipinski definition) is 0. The van der Waals surface area contributed by atoms with Crippen molar-refractivity contribution in [2.24, 2.45) is 0 Å². The molecule has 0 aliphatic rings. The van der Waals surface area contributed by atoms with E-state index in [1.807, 2.05) is 60.7 Å². The maximum Gasteiger partial charge on any atom is 0.0395 e. The van der Waals surface area contributed by atoms with Crippen molar-refractivity contribution < 1.29 is 0 Å². The summed E-state index contributed by atoms with van der Waals surface area (Å²) in [4.78, 5) is 0. The van der Waals surface area contributed by atoms with E-state index >= 15 is 0 Å². The predicted molar refractivity (Wildman–Crippen MR) is 110 cm³/mol. The van der Waals surface area contributed by atoms with Gasteiger partial charge in [0.2, 0.25) is 0 Å². The number of rotatable bonds is 2. The van der Waals surface area contributed by atoms with Crippen molar-refractivity contribution in [3.8, 4) is 11.8 Å². The van der Waals surface area contributed by atoms with Gasteiger partial charge < -0.3 is 0 Å². The lowest BCUT2D eigenvalue weighted by molar-refractivity contribution is 1.59. The second-order valence-corrected chi connectivity index (χ2v) is 6.77. The van der Waals surface area contributed by atoms with Crippen LogP contribution in [-0.4, -0.2) is 0 Å². The molecule has 0 saturated carbocycles. The van der Waals surface area contributed by atoms with Crippen LogP contribution < -0.4 is 0 Å². The average Bonchev–Trinajstić information content (AvgIpc) is 2.67. The Balaban J connectivity index is 1.83. The summed E-state index contributed by atoms with van der Waals surface area (Å²) in [6.07, 6.45) is 0. The first-order valence-corrected chi connectivity index (χ1v) is 9.11. The van der Waals surface area contributed by atoms with Gasteiger partial charge in [-0.15, -0.1) is 0 Å². The van der Waals surface area contributed by atoms with Gasteiger partial charge in [0, 0.05) is 20.1 Å². The first-order valence-electron chi connectivity index (χ1n) is 7.52. The molecule has 0 fully saturated rings. The molecule has 0 saturated heterocycles. The molecule has 0 aromatic heterocycles. The SMILES string of the molecule is BrC(=C(Br)c1ccc(C#Cc2ccccc2)cc1)c1ccccc1. The molecule has 0 N–H and O–H groups in total. The molecule has 24 heavy (non-hydrogen) atoms. The van der Waals surface area contributed by atoms with E-state index < -0.39 is 0 Å². The lowest BCUT2D eigenvalue weighted by atomic mass is 10.1. The summed E-state index contributed by atoms with van der Waals surface area (Å²) in [7, 11) is 0. The predicted octanol–water partition coefficient (Wildman–Crippen LogP) is 6.70. The second kappa shape index (κ2) is 8.15. The molecular weight excluding hydrogens is 424 g/mol. The highest BCUT2D eigenvalue weighted by atomic mass is 79.9. The van der Waals surface area contributed by atoms with Crippen molar-refractivity contribution in [2.45, 2.75) is 0 Å². The van der Waals surface area contributed by atoms with Crippen LogP contribution in [0.3, 0.4) is 0 Å². The molecule has 0 unspecified atom stereocenters. The van der Waals surface area contributed by atoms with Crippen LogP contribution in [-0.2, 0) is 0 Å². The van der Waals surface area contributed by atoms with E-state index in [-0.39, 0.29) is 0 Å². The summed E-state index contributed by atoms with van der Waals surface area (Å²) >= 11 is 7.36. The quantitative estimate of drug-likeness (QED) is 0.309.